The highest BCUT2D eigenvalue weighted by Gasteiger charge is 2.33. The Morgan fingerprint density at radius 1 is 0.958 bits per heavy atom. The minimum Gasteiger partial charge on any atom is -0.508 e. The maximum atomic E-state index is 12.1. The highest BCUT2D eigenvalue weighted by Crippen LogP contribution is 2.24. The number of hydrogen-bond acceptors (Lipinski definition) is 5. The molecule has 24 heavy (non-hydrogen) atoms. The molecule has 2 aromatic carbocycles. The number of esters is 1. The van der Waals surface area contributed by atoms with Gasteiger partial charge in [-0.1, -0.05) is 13.8 Å². The van der Waals surface area contributed by atoms with E-state index in [9.17, 15) is 19.5 Å². The molecular weight excluding hydrogens is 310 g/mol. The third-order valence-corrected chi connectivity index (χ3v) is 3.37. The summed E-state index contributed by atoms with van der Waals surface area (Å²) in [5.41, 5.74) is 0.629. The van der Waals surface area contributed by atoms with Crippen LogP contribution in [0.15, 0.2) is 42.5 Å². The Bertz CT molecular complexity index is 796. The summed E-state index contributed by atoms with van der Waals surface area (Å²) in [4.78, 5) is 36.8. The van der Waals surface area contributed by atoms with Crippen LogP contribution in [0.5, 0.6) is 11.5 Å². The summed E-state index contributed by atoms with van der Waals surface area (Å²) in [5, 5.41) is 9.18. The Kier molecular flexibility index (Phi) is 4.99. The molecule has 1 aliphatic heterocycles. The second kappa shape index (κ2) is 6.95. The Hall–Kier alpha value is -3.15. The molecule has 0 fully saturated rings. The number of imide groups is 1. The lowest BCUT2D eigenvalue weighted by atomic mass is 10.1. The topological polar surface area (TPSA) is 83.9 Å². The molecule has 3 rings (SSSR count). The van der Waals surface area contributed by atoms with E-state index in [1.165, 1.54) is 49.5 Å². The first kappa shape index (κ1) is 17.2. The van der Waals surface area contributed by atoms with E-state index in [0.29, 0.717) is 0 Å². The number of phenols is 1. The molecule has 124 valence electrons. The van der Waals surface area contributed by atoms with E-state index in [1.54, 1.807) is 0 Å². The largest absolute Gasteiger partial charge is 0.508 e. The van der Waals surface area contributed by atoms with Gasteiger partial charge in [0.15, 0.2) is 0 Å². The SMILES string of the molecule is CC.CN1C(=O)c2ccc(C(=O)Oc3ccc(O)cc3)cc2C1=O. The fourth-order valence-electron chi connectivity index (χ4n) is 2.17. The first-order valence-corrected chi connectivity index (χ1v) is 7.45. The molecule has 0 bridgehead atoms. The van der Waals surface area contributed by atoms with Crippen LogP contribution in [0.4, 0.5) is 0 Å². The van der Waals surface area contributed by atoms with Crippen LogP contribution in [0, 0.1) is 0 Å². The first-order chi connectivity index (χ1) is 11.5. The Morgan fingerprint density at radius 2 is 1.54 bits per heavy atom. The van der Waals surface area contributed by atoms with E-state index in [1.807, 2.05) is 13.8 Å². The fraction of sp³-hybridized carbons (Fsp3) is 0.167. The minimum absolute atomic E-state index is 0.0597. The van der Waals surface area contributed by atoms with E-state index >= 15 is 0 Å². The molecule has 1 N–H and O–H groups in total. The van der Waals surface area contributed by atoms with E-state index in [-0.39, 0.29) is 28.2 Å². The zero-order valence-electron chi connectivity index (χ0n) is 13.6. The van der Waals surface area contributed by atoms with Crippen LogP contribution in [0.25, 0.3) is 0 Å². The number of ether oxygens (including phenoxy) is 1. The third kappa shape index (κ3) is 3.12. The molecule has 1 aliphatic rings. The van der Waals surface area contributed by atoms with Crippen LogP contribution in [-0.4, -0.2) is 34.8 Å². The number of nitrogens with zero attached hydrogens (tertiary/aromatic N) is 1. The number of hydrogen-bond donors (Lipinski definition) is 1. The van der Waals surface area contributed by atoms with Gasteiger partial charge in [-0.2, -0.15) is 0 Å². The number of amides is 2. The van der Waals surface area contributed by atoms with Gasteiger partial charge in [-0.05, 0) is 42.5 Å². The second-order valence-electron chi connectivity index (χ2n) is 4.81. The number of fused-ring (bicyclic) bond motifs is 1. The predicted molar refractivity (Wildman–Crippen MR) is 87.3 cm³/mol. The van der Waals surface area contributed by atoms with E-state index < -0.39 is 17.8 Å². The summed E-state index contributed by atoms with van der Waals surface area (Å²) in [5.74, 6) is -1.16. The molecule has 2 amide bonds. The van der Waals surface area contributed by atoms with Crippen molar-refractivity contribution in [3.63, 3.8) is 0 Å². The zero-order valence-corrected chi connectivity index (χ0v) is 13.6. The van der Waals surface area contributed by atoms with Crippen molar-refractivity contribution in [3.8, 4) is 11.5 Å². The fourth-order valence-corrected chi connectivity index (χ4v) is 2.17. The van der Waals surface area contributed by atoms with E-state index in [4.69, 9.17) is 4.74 Å². The average molecular weight is 327 g/mol. The number of benzene rings is 2. The zero-order chi connectivity index (χ0) is 17.9. The molecule has 0 aliphatic carbocycles. The second-order valence-corrected chi connectivity index (χ2v) is 4.81. The molecule has 0 saturated carbocycles. The summed E-state index contributed by atoms with van der Waals surface area (Å²) in [6, 6.07) is 9.90. The quantitative estimate of drug-likeness (QED) is 0.521. The van der Waals surface area contributed by atoms with Crippen LogP contribution in [0.3, 0.4) is 0 Å². The van der Waals surface area contributed by atoms with Gasteiger partial charge in [0, 0.05) is 7.05 Å². The Balaban J connectivity index is 0.00000100. The molecule has 0 unspecified atom stereocenters. The van der Waals surface area contributed by atoms with Gasteiger partial charge < -0.3 is 9.84 Å². The van der Waals surface area contributed by atoms with Crippen LogP contribution in [0.1, 0.15) is 44.9 Å². The summed E-state index contributed by atoms with van der Waals surface area (Å²) in [7, 11) is 1.39. The maximum Gasteiger partial charge on any atom is 0.343 e. The van der Waals surface area contributed by atoms with Crippen molar-refractivity contribution in [1.82, 2.24) is 4.90 Å². The lowest BCUT2D eigenvalue weighted by molar-refractivity contribution is 0.0691. The number of carbonyl (C=O) groups is 3. The Morgan fingerprint density at radius 3 is 2.17 bits per heavy atom. The van der Waals surface area contributed by atoms with Gasteiger partial charge in [0.05, 0.1) is 16.7 Å². The lowest BCUT2D eigenvalue weighted by Gasteiger charge is -2.05. The smallest absolute Gasteiger partial charge is 0.343 e. The summed E-state index contributed by atoms with van der Waals surface area (Å²) in [6.45, 7) is 4.00. The van der Waals surface area contributed by atoms with Gasteiger partial charge in [0.2, 0.25) is 0 Å². The van der Waals surface area contributed by atoms with Crippen LogP contribution in [0.2, 0.25) is 0 Å². The monoisotopic (exact) mass is 327 g/mol. The van der Waals surface area contributed by atoms with Gasteiger partial charge in [-0.25, -0.2) is 4.79 Å². The van der Waals surface area contributed by atoms with Crippen molar-refractivity contribution in [3.05, 3.63) is 59.2 Å². The number of phenolic OH excluding ortho intramolecular Hbond substituents is 1. The number of aromatic hydroxyl groups is 1. The molecule has 0 spiro atoms. The summed E-state index contributed by atoms with van der Waals surface area (Å²) >= 11 is 0. The van der Waals surface area contributed by atoms with Gasteiger partial charge >= 0.3 is 5.97 Å². The van der Waals surface area contributed by atoms with Crippen LogP contribution >= 0.6 is 0 Å². The lowest BCUT2D eigenvalue weighted by Crippen LogP contribution is -2.24. The molecule has 6 heteroatoms. The van der Waals surface area contributed by atoms with E-state index in [0.717, 1.165) is 4.90 Å². The van der Waals surface area contributed by atoms with Crippen molar-refractivity contribution in [2.75, 3.05) is 7.05 Å². The van der Waals surface area contributed by atoms with Crippen LogP contribution in [-0.2, 0) is 0 Å². The van der Waals surface area contributed by atoms with Crippen molar-refractivity contribution in [2.24, 2.45) is 0 Å². The highest BCUT2D eigenvalue weighted by atomic mass is 16.5. The average Bonchev–Trinajstić information content (AvgIpc) is 2.83. The molecule has 0 saturated heterocycles. The standard InChI is InChI=1S/C16H11NO5.C2H6/c1-17-14(19)12-7-2-9(8-13(12)15(17)20)16(21)22-11-5-3-10(18)4-6-11;1-2/h2-8,18H,1H3;1-2H3. The Labute approximate surface area is 139 Å². The van der Waals surface area contributed by atoms with Crippen molar-refractivity contribution >= 4 is 17.8 Å². The molecule has 2 aromatic rings. The normalized spacial score (nSPS) is 12.4. The molecule has 1 heterocycles. The summed E-state index contributed by atoms with van der Waals surface area (Å²) in [6.07, 6.45) is 0. The predicted octanol–water partition coefficient (Wildman–Crippen LogP) is 2.86. The first-order valence-electron chi connectivity index (χ1n) is 7.45. The van der Waals surface area contributed by atoms with Crippen LogP contribution < -0.4 is 4.74 Å². The van der Waals surface area contributed by atoms with Crippen molar-refractivity contribution in [2.45, 2.75) is 13.8 Å². The molecule has 0 radical (unpaired) electrons. The minimum atomic E-state index is -0.650. The van der Waals surface area contributed by atoms with Gasteiger partial charge in [0.1, 0.15) is 11.5 Å². The molecule has 0 atom stereocenters. The van der Waals surface area contributed by atoms with Gasteiger partial charge in [-0.3, -0.25) is 14.5 Å². The third-order valence-electron chi connectivity index (χ3n) is 3.37. The van der Waals surface area contributed by atoms with Gasteiger partial charge in [-0.15, -0.1) is 0 Å². The highest BCUT2D eigenvalue weighted by molar-refractivity contribution is 6.21. The van der Waals surface area contributed by atoms with E-state index in [2.05, 4.69) is 0 Å². The maximum absolute atomic E-state index is 12.1. The number of rotatable bonds is 2. The molecule has 6 nitrogen and oxygen atoms in total. The van der Waals surface area contributed by atoms with Crippen molar-refractivity contribution in [1.29, 1.82) is 0 Å². The summed E-state index contributed by atoms with van der Waals surface area (Å²) < 4.78 is 5.14. The number of carbonyl (C=O) groups excluding carboxylic acids is 3. The molecular formula is C18H17NO5. The molecule has 0 aromatic heterocycles. The van der Waals surface area contributed by atoms with Crippen molar-refractivity contribution < 1.29 is 24.2 Å². The van der Waals surface area contributed by atoms with Gasteiger partial charge in [0.25, 0.3) is 11.8 Å².